The van der Waals surface area contributed by atoms with Crippen LogP contribution in [0.25, 0.3) is 0 Å². The first kappa shape index (κ1) is 14.9. The average molecular weight is 341 g/mol. The number of nitrogens with zero attached hydrogens (tertiary/aromatic N) is 6. The molecule has 2 saturated heterocycles. The maximum atomic E-state index is 11.7. The SMILES string of the molecule is O=C1NCCN1c1cnn(C2CN(Cc3ncc4n3CCCC4)C2)c1. The van der Waals surface area contributed by atoms with Gasteiger partial charge in [-0.05, 0) is 19.3 Å². The Bertz CT molecular complexity index is 789. The molecule has 3 aliphatic heterocycles. The van der Waals surface area contributed by atoms with Crippen LogP contribution in [0.2, 0.25) is 0 Å². The summed E-state index contributed by atoms with van der Waals surface area (Å²) in [5.41, 5.74) is 2.27. The third kappa shape index (κ3) is 2.60. The first-order valence-corrected chi connectivity index (χ1v) is 9.13. The molecule has 2 amide bonds. The molecule has 2 aromatic heterocycles. The van der Waals surface area contributed by atoms with Crippen molar-refractivity contribution in [3.05, 3.63) is 30.1 Å². The normalized spacial score (nSPS) is 21.3. The van der Waals surface area contributed by atoms with Gasteiger partial charge in [-0.15, -0.1) is 0 Å². The van der Waals surface area contributed by atoms with Gasteiger partial charge in [0.15, 0.2) is 0 Å². The number of anilines is 1. The van der Waals surface area contributed by atoms with Gasteiger partial charge in [0.1, 0.15) is 5.82 Å². The minimum absolute atomic E-state index is 0.0288. The molecule has 132 valence electrons. The predicted molar refractivity (Wildman–Crippen MR) is 92.5 cm³/mol. The fourth-order valence-electron chi connectivity index (χ4n) is 4.05. The molecule has 25 heavy (non-hydrogen) atoms. The van der Waals surface area contributed by atoms with Gasteiger partial charge in [0, 0.05) is 50.8 Å². The van der Waals surface area contributed by atoms with Gasteiger partial charge in [-0.25, -0.2) is 9.78 Å². The summed E-state index contributed by atoms with van der Waals surface area (Å²) in [4.78, 5) is 20.5. The molecule has 2 aromatic rings. The van der Waals surface area contributed by atoms with E-state index in [-0.39, 0.29) is 6.03 Å². The Hall–Kier alpha value is -2.35. The summed E-state index contributed by atoms with van der Waals surface area (Å²) in [6.07, 6.45) is 9.54. The van der Waals surface area contributed by atoms with Crippen LogP contribution in [0.5, 0.6) is 0 Å². The highest BCUT2D eigenvalue weighted by Gasteiger charge is 2.31. The molecule has 8 nitrogen and oxygen atoms in total. The van der Waals surface area contributed by atoms with Gasteiger partial charge in [0.2, 0.25) is 0 Å². The zero-order valence-corrected chi connectivity index (χ0v) is 14.3. The second-order valence-corrected chi connectivity index (χ2v) is 7.18. The van der Waals surface area contributed by atoms with E-state index in [1.54, 1.807) is 11.1 Å². The molecule has 0 aliphatic carbocycles. The third-order valence-electron chi connectivity index (χ3n) is 5.52. The topological polar surface area (TPSA) is 71.2 Å². The van der Waals surface area contributed by atoms with Gasteiger partial charge in [-0.2, -0.15) is 5.10 Å². The van der Waals surface area contributed by atoms with Crippen LogP contribution in [-0.2, 0) is 19.5 Å². The van der Waals surface area contributed by atoms with Crippen molar-refractivity contribution in [3.8, 4) is 0 Å². The van der Waals surface area contributed by atoms with Gasteiger partial charge in [0.25, 0.3) is 0 Å². The molecule has 0 bridgehead atoms. The van der Waals surface area contributed by atoms with Crippen LogP contribution in [0.3, 0.4) is 0 Å². The first-order valence-electron chi connectivity index (χ1n) is 9.13. The second-order valence-electron chi connectivity index (χ2n) is 7.18. The summed E-state index contributed by atoms with van der Waals surface area (Å²) >= 11 is 0. The summed E-state index contributed by atoms with van der Waals surface area (Å²) in [6.45, 7) is 5.41. The smallest absolute Gasteiger partial charge is 0.322 e. The van der Waals surface area contributed by atoms with E-state index in [0.29, 0.717) is 19.1 Å². The van der Waals surface area contributed by atoms with Crippen molar-refractivity contribution in [2.75, 3.05) is 31.1 Å². The molecule has 5 heterocycles. The van der Waals surface area contributed by atoms with E-state index in [1.807, 2.05) is 17.1 Å². The molecule has 0 unspecified atom stereocenters. The Labute approximate surface area is 146 Å². The Morgan fingerprint density at radius 2 is 2.12 bits per heavy atom. The number of rotatable bonds is 4. The molecule has 3 aliphatic rings. The highest BCUT2D eigenvalue weighted by atomic mass is 16.2. The van der Waals surface area contributed by atoms with E-state index >= 15 is 0 Å². The Kier molecular flexibility index (Phi) is 3.51. The van der Waals surface area contributed by atoms with Crippen molar-refractivity contribution < 1.29 is 4.79 Å². The van der Waals surface area contributed by atoms with Crippen molar-refractivity contribution in [2.45, 2.75) is 38.4 Å². The fraction of sp³-hybridized carbons (Fsp3) is 0.588. The van der Waals surface area contributed by atoms with Gasteiger partial charge in [-0.1, -0.05) is 0 Å². The molecule has 0 atom stereocenters. The maximum absolute atomic E-state index is 11.7. The fourth-order valence-corrected chi connectivity index (χ4v) is 4.05. The monoisotopic (exact) mass is 341 g/mol. The molecule has 8 heteroatoms. The number of urea groups is 1. The van der Waals surface area contributed by atoms with Crippen LogP contribution in [0.15, 0.2) is 18.6 Å². The molecular weight excluding hydrogens is 318 g/mol. The van der Waals surface area contributed by atoms with Gasteiger partial charge >= 0.3 is 6.03 Å². The second kappa shape index (κ2) is 5.87. The Morgan fingerprint density at radius 1 is 1.20 bits per heavy atom. The minimum atomic E-state index is -0.0288. The zero-order valence-electron chi connectivity index (χ0n) is 14.3. The quantitative estimate of drug-likeness (QED) is 0.901. The lowest BCUT2D eigenvalue weighted by molar-refractivity contribution is 0.0866. The number of nitrogens with one attached hydrogen (secondary N) is 1. The predicted octanol–water partition coefficient (Wildman–Crippen LogP) is 1.00. The van der Waals surface area contributed by atoms with E-state index in [2.05, 4.69) is 24.9 Å². The highest BCUT2D eigenvalue weighted by Crippen LogP contribution is 2.26. The molecular formula is C17H23N7O. The lowest BCUT2D eigenvalue weighted by Crippen LogP contribution is -2.47. The van der Waals surface area contributed by atoms with E-state index in [9.17, 15) is 4.79 Å². The van der Waals surface area contributed by atoms with Crippen LogP contribution >= 0.6 is 0 Å². The van der Waals surface area contributed by atoms with E-state index in [0.717, 1.165) is 38.3 Å². The number of amides is 2. The van der Waals surface area contributed by atoms with Crippen molar-refractivity contribution in [1.82, 2.24) is 29.5 Å². The van der Waals surface area contributed by atoms with Crippen LogP contribution in [0.1, 0.15) is 30.4 Å². The number of hydrogen-bond acceptors (Lipinski definition) is 4. The van der Waals surface area contributed by atoms with Gasteiger partial charge < -0.3 is 9.88 Å². The van der Waals surface area contributed by atoms with Crippen LogP contribution in [0.4, 0.5) is 10.5 Å². The first-order chi connectivity index (χ1) is 12.3. The summed E-state index contributed by atoms with van der Waals surface area (Å²) in [5.74, 6) is 1.20. The largest absolute Gasteiger partial charge is 0.336 e. The van der Waals surface area contributed by atoms with Crippen molar-refractivity contribution in [3.63, 3.8) is 0 Å². The maximum Gasteiger partial charge on any atom is 0.322 e. The molecule has 5 rings (SSSR count). The van der Waals surface area contributed by atoms with Crippen molar-refractivity contribution in [2.24, 2.45) is 0 Å². The lowest BCUT2D eigenvalue weighted by atomic mass is 10.1. The highest BCUT2D eigenvalue weighted by molar-refractivity contribution is 5.93. The number of fused-ring (bicyclic) bond motifs is 1. The third-order valence-corrected chi connectivity index (χ3v) is 5.52. The van der Waals surface area contributed by atoms with Crippen molar-refractivity contribution >= 4 is 11.7 Å². The van der Waals surface area contributed by atoms with Crippen molar-refractivity contribution in [1.29, 1.82) is 0 Å². The van der Waals surface area contributed by atoms with E-state index < -0.39 is 0 Å². The number of carbonyl (C=O) groups is 1. The molecule has 0 spiro atoms. The summed E-state index contributed by atoms with van der Waals surface area (Å²) in [7, 11) is 0. The average Bonchev–Trinajstić information content (AvgIpc) is 3.30. The van der Waals surface area contributed by atoms with Crippen LogP contribution in [0, 0.1) is 0 Å². The standard InChI is InChI=1S/C17H23N7O/c25-17-18-4-6-23(17)14-8-20-24(11-14)15-9-21(10-15)12-16-19-7-13-3-1-2-5-22(13)16/h7-8,11,15H,1-6,9-10,12H2,(H,18,25). The van der Waals surface area contributed by atoms with E-state index in [4.69, 9.17) is 0 Å². The van der Waals surface area contributed by atoms with Gasteiger partial charge in [0.05, 0.1) is 24.5 Å². The lowest BCUT2D eigenvalue weighted by Gasteiger charge is -2.39. The number of likely N-dealkylation sites (tertiary alicyclic amines) is 1. The molecule has 0 aromatic carbocycles. The summed E-state index contributed by atoms with van der Waals surface area (Å²) in [6, 6.07) is 0.356. The molecule has 0 saturated carbocycles. The molecule has 1 N–H and O–H groups in total. The Morgan fingerprint density at radius 3 is 2.96 bits per heavy atom. The van der Waals surface area contributed by atoms with Gasteiger partial charge in [-0.3, -0.25) is 14.5 Å². The number of aromatic nitrogens is 4. The summed E-state index contributed by atoms with van der Waals surface area (Å²) < 4.78 is 4.40. The van der Waals surface area contributed by atoms with Crippen LogP contribution in [-0.4, -0.2) is 56.4 Å². The molecule has 0 radical (unpaired) electrons. The summed E-state index contributed by atoms with van der Waals surface area (Å²) in [5, 5.41) is 7.29. The minimum Gasteiger partial charge on any atom is -0.336 e. The zero-order chi connectivity index (χ0) is 16.8. The number of hydrogen-bond donors (Lipinski definition) is 1. The van der Waals surface area contributed by atoms with E-state index in [1.165, 1.54) is 24.4 Å². The molecule has 2 fully saturated rings. The Balaban J connectivity index is 1.20. The number of carbonyl (C=O) groups excluding carboxylic acids is 1. The number of imidazole rings is 1. The number of aryl methyl sites for hydroxylation is 1. The van der Waals surface area contributed by atoms with Crippen LogP contribution < -0.4 is 10.2 Å².